The van der Waals surface area contributed by atoms with Gasteiger partial charge in [0.1, 0.15) is 42.3 Å². The Bertz CT molecular complexity index is 2940. The number of aromatic nitrogens is 14. The molecule has 67 heavy (non-hydrogen) atoms. The fourth-order valence-electron chi connectivity index (χ4n) is 8.04. The van der Waals surface area contributed by atoms with Crippen LogP contribution in [0.4, 0.5) is 11.6 Å². The highest BCUT2D eigenvalue weighted by Crippen LogP contribution is 2.35. The van der Waals surface area contributed by atoms with Gasteiger partial charge in [0.25, 0.3) is 11.9 Å². The predicted molar refractivity (Wildman–Crippen MR) is 233 cm³/mol. The van der Waals surface area contributed by atoms with Crippen LogP contribution in [0.2, 0.25) is 0 Å². The minimum atomic E-state index is -1.29. The molecule has 25 heteroatoms. The third kappa shape index (κ3) is 8.54. The van der Waals surface area contributed by atoms with Gasteiger partial charge >= 0.3 is 0 Å². The molecule has 0 radical (unpaired) electrons. The number of hydrogen-bond acceptors (Lipinski definition) is 21. The van der Waals surface area contributed by atoms with Crippen molar-refractivity contribution in [2.24, 2.45) is 0 Å². The number of aryl methyl sites for hydroxylation is 1. The van der Waals surface area contributed by atoms with Crippen LogP contribution in [0.5, 0.6) is 0 Å². The Kier molecular flexibility index (Phi) is 12.3. The van der Waals surface area contributed by atoms with Gasteiger partial charge in [0.15, 0.2) is 46.4 Å². The lowest BCUT2D eigenvalue weighted by atomic mass is 10.1. The summed E-state index contributed by atoms with van der Waals surface area (Å²) < 4.78 is 22.8. The molecule has 0 saturated carbocycles. The summed E-state index contributed by atoms with van der Waals surface area (Å²) in [6.07, 6.45) is -2.43. The molecule has 25 nitrogen and oxygen atoms in total. The maximum atomic E-state index is 10.6. The van der Waals surface area contributed by atoms with Crippen LogP contribution in [0.3, 0.4) is 0 Å². The number of aliphatic hydroxyl groups excluding tert-OH is 6. The summed E-state index contributed by atoms with van der Waals surface area (Å²) in [5, 5.41) is 80.3. The Labute approximate surface area is 379 Å². The maximum Gasteiger partial charge on any atom is 0.256 e. The smallest absolute Gasteiger partial charge is 0.256 e. The molecule has 11 rings (SSSR count). The van der Waals surface area contributed by atoms with Gasteiger partial charge in [-0.3, -0.25) is 9.13 Å². The quantitative estimate of drug-likeness (QED) is 0.0857. The van der Waals surface area contributed by atoms with E-state index in [0.29, 0.717) is 78.2 Å². The van der Waals surface area contributed by atoms with Gasteiger partial charge in [-0.15, -0.1) is 10.2 Å². The van der Waals surface area contributed by atoms with Gasteiger partial charge in [0.05, 0.1) is 57.2 Å². The minimum absolute atomic E-state index is 0.228. The molecule has 9 heterocycles. The fraction of sp³-hybridized carbons (Fsp3) is 0.381. The number of rotatable bonds is 11. The Hall–Kier alpha value is -6.94. The second-order valence-corrected chi connectivity index (χ2v) is 16.0. The van der Waals surface area contributed by atoms with Crippen LogP contribution >= 0.6 is 0 Å². The Morgan fingerprint density at radius 2 is 1.22 bits per heavy atom. The molecular formula is C42H46N16O9. The van der Waals surface area contributed by atoms with Crippen LogP contribution in [0, 0.1) is 6.92 Å². The van der Waals surface area contributed by atoms with Crippen molar-refractivity contribution in [2.75, 3.05) is 49.7 Å². The molecule has 6 aromatic heterocycles. The summed E-state index contributed by atoms with van der Waals surface area (Å²) in [4.78, 5) is 29.6. The van der Waals surface area contributed by atoms with Gasteiger partial charge in [0, 0.05) is 25.2 Å². The third-order valence-corrected chi connectivity index (χ3v) is 11.6. The molecule has 0 aliphatic carbocycles. The van der Waals surface area contributed by atoms with Crippen molar-refractivity contribution in [3.63, 3.8) is 0 Å². The van der Waals surface area contributed by atoms with Crippen molar-refractivity contribution >= 4 is 34.0 Å². The van der Waals surface area contributed by atoms with Crippen molar-refractivity contribution in [3.05, 3.63) is 97.0 Å². The van der Waals surface area contributed by atoms with Gasteiger partial charge in [-0.2, -0.15) is 29.3 Å². The average Bonchev–Trinajstić information content (AvgIpc) is 4.25. The molecular weight excluding hydrogens is 873 g/mol. The first-order valence-electron chi connectivity index (χ1n) is 21.4. The number of fused-ring (bicyclic) bond motifs is 2. The molecule has 0 bridgehead atoms. The largest absolute Gasteiger partial charge is 0.394 e. The molecule has 0 amide bonds. The number of ether oxygens (including phenoxy) is 3. The van der Waals surface area contributed by atoms with Crippen molar-refractivity contribution in [3.8, 4) is 23.2 Å². The van der Waals surface area contributed by atoms with Crippen LogP contribution in [0.15, 0.2) is 85.7 Å². The zero-order chi connectivity index (χ0) is 46.2. The summed E-state index contributed by atoms with van der Waals surface area (Å²) >= 11 is 0. The van der Waals surface area contributed by atoms with Gasteiger partial charge in [-0.1, -0.05) is 71.1 Å². The fourth-order valence-corrected chi connectivity index (χ4v) is 8.04. The normalized spacial score (nSPS) is 24.1. The van der Waals surface area contributed by atoms with E-state index in [9.17, 15) is 30.6 Å². The second kappa shape index (κ2) is 18.7. The Morgan fingerprint density at radius 3 is 1.82 bits per heavy atom. The molecule has 348 valence electrons. The molecule has 3 fully saturated rings. The van der Waals surface area contributed by atoms with E-state index in [-0.39, 0.29) is 11.9 Å². The molecule has 8 atom stereocenters. The zero-order valence-corrected chi connectivity index (χ0v) is 35.8. The predicted octanol–water partition coefficient (Wildman–Crippen LogP) is -0.539. The summed E-state index contributed by atoms with van der Waals surface area (Å²) in [7, 11) is 0. The molecule has 2 unspecified atom stereocenters. The van der Waals surface area contributed by atoms with E-state index >= 15 is 0 Å². The molecule has 3 aliphatic heterocycles. The van der Waals surface area contributed by atoms with Crippen molar-refractivity contribution in [1.29, 1.82) is 0 Å². The summed E-state index contributed by atoms with van der Waals surface area (Å²) in [6.45, 7) is 3.86. The zero-order valence-electron chi connectivity index (χ0n) is 35.8. The standard InChI is InChI=1S/C25H24N8O4.C17H22N8O5/c34-13-18-20(35)21(36)24(37-18)32-14-27-19-22(26-11-15-7-3-1-4-8-15)28-25(29-23(19)32)33-12-17(30-31-33)16-9-5-2-6-10-16;1-9-6-25(22-21-9)17-19-14(23-2-4-29-5-3-23)11-15(20-17)24(8-18-11)16-13(28)12(27)10(7-26)30-16/h1-10,12,14,18,20-21,24,34-36H,11,13H2,(H,26,28,29);6,8,10,12-13,16,26-28H,2-5,7H2,1H3/t18-,20?,21+,24-;10-,12?,13+,16-/m11/s1. The first-order valence-corrected chi connectivity index (χ1v) is 21.4. The van der Waals surface area contributed by atoms with Crippen LogP contribution in [-0.2, 0) is 20.8 Å². The number of nitrogens with zero attached hydrogens (tertiary/aromatic N) is 15. The lowest BCUT2D eigenvalue weighted by molar-refractivity contribution is -0.0511. The number of nitrogens with one attached hydrogen (secondary N) is 1. The second-order valence-electron chi connectivity index (χ2n) is 16.0. The van der Waals surface area contributed by atoms with E-state index in [0.717, 1.165) is 11.1 Å². The molecule has 0 spiro atoms. The van der Waals surface area contributed by atoms with Crippen LogP contribution < -0.4 is 10.2 Å². The molecule has 2 aromatic carbocycles. The van der Waals surface area contributed by atoms with Crippen LogP contribution in [0.1, 0.15) is 23.7 Å². The number of anilines is 2. The third-order valence-electron chi connectivity index (χ3n) is 11.6. The molecule has 8 aromatic rings. The van der Waals surface area contributed by atoms with Crippen molar-refractivity contribution < 1.29 is 44.8 Å². The van der Waals surface area contributed by atoms with E-state index in [2.05, 4.69) is 60.7 Å². The summed E-state index contributed by atoms with van der Waals surface area (Å²) in [5.74, 6) is 1.58. The van der Waals surface area contributed by atoms with Gasteiger partial charge in [-0.25, -0.2) is 9.97 Å². The van der Waals surface area contributed by atoms with Crippen molar-refractivity contribution in [1.82, 2.24) is 69.0 Å². The topological polar surface area (TPSA) is 313 Å². The first-order chi connectivity index (χ1) is 32.7. The number of morpholine rings is 1. The Morgan fingerprint density at radius 1 is 0.657 bits per heavy atom. The lowest BCUT2D eigenvalue weighted by Crippen LogP contribution is -2.37. The van der Waals surface area contributed by atoms with E-state index in [4.69, 9.17) is 14.2 Å². The summed E-state index contributed by atoms with van der Waals surface area (Å²) in [6, 6.07) is 19.5. The Balaban J connectivity index is 0.000000160. The highest BCUT2D eigenvalue weighted by Gasteiger charge is 2.45. The maximum absolute atomic E-state index is 10.6. The highest BCUT2D eigenvalue weighted by molar-refractivity contribution is 5.85. The van der Waals surface area contributed by atoms with Crippen LogP contribution in [0.25, 0.3) is 45.5 Å². The number of aliphatic hydroxyl groups is 6. The van der Waals surface area contributed by atoms with E-state index in [1.165, 1.54) is 31.2 Å². The van der Waals surface area contributed by atoms with Crippen molar-refractivity contribution in [2.45, 2.75) is 62.5 Å². The monoisotopic (exact) mass is 918 g/mol. The van der Waals surface area contributed by atoms with Gasteiger partial charge < -0.3 is 55.1 Å². The van der Waals surface area contributed by atoms with E-state index in [1.54, 1.807) is 12.4 Å². The minimum Gasteiger partial charge on any atom is -0.394 e. The van der Waals surface area contributed by atoms with E-state index in [1.807, 2.05) is 67.6 Å². The van der Waals surface area contributed by atoms with Crippen LogP contribution in [-0.4, -0.2) is 176 Å². The summed E-state index contributed by atoms with van der Waals surface area (Å²) in [5.41, 5.74) is 5.04. The molecule has 3 saturated heterocycles. The highest BCUT2D eigenvalue weighted by atomic mass is 16.6. The van der Waals surface area contributed by atoms with Gasteiger partial charge in [0.2, 0.25) is 0 Å². The average molecular weight is 919 g/mol. The first kappa shape index (κ1) is 43.9. The number of hydrogen-bond donors (Lipinski definition) is 7. The number of imidazole rings is 2. The molecule has 7 N–H and O–H groups in total. The molecule has 3 aliphatic rings. The number of benzene rings is 2. The van der Waals surface area contributed by atoms with E-state index < -0.39 is 62.3 Å². The SMILES string of the molecule is Cc1cn(-c2nc(N3CCOCC3)c3ncn([C@@H]4O[C@H](CO)C(O)[C@@H]4O)c3n2)nn1.OC[C@H]1O[C@@H](n2cnc3c(NCc4ccccc4)nc(-n4cc(-c5ccccc5)nn4)nc32)[C@@H](O)C1O. The van der Waals surface area contributed by atoms with Gasteiger partial charge in [-0.05, 0) is 12.5 Å². The lowest BCUT2D eigenvalue weighted by Gasteiger charge is -2.28.